The van der Waals surface area contributed by atoms with Crippen LogP contribution in [0.15, 0.2) is 0 Å². The van der Waals surface area contributed by atoms with Gasteiger partial charge in [0.15, 0.2) is 12.4 Å². The van der Waals surface area contributed by atoms with Crippen LogP contribution in [-0.2, 0) is 13.6 Å². The zero-order valence-corrected chi connectivity index (χ0v) is 7.41. The lowest BCUT2D eigenvalue weighted by Crippen LogP contribution is -1.88. The molecule has 7 nitrogen and oxygen atoms in total. The summed E-state index contributed by atoms with van der Waals surface area (Å²) in [6.45, 7) is 0. The monoisotopic (exact) mass is 193 g/mol. The third-order valence-corrected chi connectivity index (χ3v) is 1.50. The summed E-state index contributed by atoms with van der Waals surface area (Å²) < 4.78 is 18.0. The first-order valence-electron chi connectivity index (χ1n) is 2.51. The maximum Gasteiger partial charge on any atom is 0.471 e. The molecule has 12 heavy (non-hydrogen) atoms. The largest absolute Gasteiger partial charge is 0.471 e. The van der Waals surface area contributed by atoms with Gasteiger partial charge in [0.1, 0.15) is 0 Å². The van der Waals surface area contributed by atoms with Crippen molar-refractivity contribution in [2.24, 2.45) is 0 Å². The molecule has 2 N–H and O–H groups in total. The van der Waals surface area contributed by atoms with Crippen molar-refractivity contribution in [3.63, 3.8) is 0 Å². The van der Waals surface area contributed by atoms with Gasteiger partial charge in [-0.05, 0) is 0 Å². The Morgan fingerprint density at radius 2 is 1.67 bits per heavy atom. The maximum atomic E-state index is 10.1. The quantitative estimate of drug-likeness (QED) is 0.357. The average molecular weight is 193 g/mol. The minimum atomic E-state index is -3.65. The van der Waals surface area contributed by atoms with E-state index < -0.39 is 7.82 Å². The number of phosphoric ester groups is 1. The molecule has 0 spiro atoms. The van der Waals surface area contributed by atoms with Crippen LogP contribution >= 0.6 is 7.82 Å². The molecule has 0 aliphatic heterocycles. The fourth-order valence-corrected chi connectivity index (χ4v) is 0.249. The Kier molecular flexibility index (Phi) is 8.98. The highest BCUT2D eigenvalue weighted by Gasteiger charge is 2.13. The highest BCUT2D eigenvalue weighted by molar-refractivity contribution is 7.47. The zero-order valence-electron chi connectivity index (χ0n) is 6.51. The molecule has 0 heterocycles. The van der Waals surface area contributed by atoms with Crippen molar-refractivity contribution >= 4 is 7.82 Å². The molecule has 0 rings (SSSR count). The highest BCUT2D eigenvalue weighted by Crippen LogP contribution is 2.40. The van der Waals surface area contributed by atoms with Gasteiger partial charge >= 0.3 is 7.82 Å². The summed E-state index contributed by atoms with van der Waals surface area (Å²) in [5, 5.41) is 16.7. The van der Waals surface area contributed by atoms with E-state index in [0.717, 1.165) is 14.2 Å². The lowest BCUT2D eigenvalue weighted by Gasteiger charge is -2.01. The van der Waals surface area contributed by atoms with Crippen LogP contribution in [-0.4, -0.2) is 19.1 Å². The van der Waals surface area contributed by atoms with Crippen LogP contribution in [0.3, 0.4) is 0 Å². The third kappa shape index (κ3) is 11.7. The van der Waals surface area contributed by atoms with Crippen molar-refractivity contribution in [3.05, 3.63) is 0 Å². The molecule has 0 radical (unpaired) electrons. The van der Waals surface area contributed by atoms with Crippen LogP contribution in [0.25, 0.3) is 0 Å². The van der Waals surface area contributed by atoms with E-state index >= 15 is 0 Å². The van der Waals surface area contributed by atoms with E-state index in [1.807, 2.05) is 0 Å². The van der Waals surface area contributed by atoms with Gasteiger partial charge in [-0.1, -0.05) is 0 Å². The van der Waals surface area contributed by atoms with E-state index in [-0.39, 0.29) is 0 Å². The maximum absolute atomic E-state index is 10.1. The van der Waals surface area contributed by atoms with Gasteiger partial charge < -0.3 is 4.89 Å². The molecule has 0 aromatic rings. The van der Waals surface area contributed by atoms with Crippen molar-refractivity contribution in [3.8, 4) is 12.4 Å². The summed E-state index contributed by atoms with van der Waals surface area (Å²) in [5.41, 5.74) is 0. The number of hydrogen-bond donors (Lipinski definition) is 2. The molecule has 0 amide bonds. The number of phosphoric acid groups is 1. The summed E-state index contributed by atoms with van der Waals surface area (Å²) in [7, 11) is -1.45. The summed E-state index contributed by atoms with van der Waals surface area (Å²) in [6, 6.07) is 0. The lowest BCUT2D eigenvalue weighted by atomic mass is 11.2. The SMILES string of the molecule is COP(=O)(O)OC.N#CNC#N. The first kappa shape index (κ1) is 13.5. The molecule has 0 saturated carbocycles. The molecule has 0 fully saturated rings. The fraction of sp³-hybridized carbons (Fsp3) is 0.500. The smallest absolute Gasteiger partial charge is 0.303 e. The second-order valence-corrected chi connectivity index (χ2v) is 2.85. The molecule has 0 atom stereocenters. The van der Waals surface area contributed by atoms with Crippen molar-refractivity contribution in [2.75, 3.05) is 14.2 Å². The molecule has 0 bridgehead atoms. The van der Waals surface area contributed by atoms with Gasteiger partial charge in [0.25, 0.3) is 0 Å². The van der Waals surface area contributed by atoms with E-state index in [0.29, 0.717) is 0 Å². The molecular weight excluding hydrogens is 185 g/mol. The minimum absolute atomic E-state index is 1.10. The van der Waals surface area contributed by atoms with Gasteiger partial charge in [0.05, 0.1) is 0 Å². The number of hydrogen-bond acceptors (Lipinski definition) is 6. The van der Waals surface area contributed by atoms with Crippen molar-refractivity contribution in [2.45, 2.75) is 0 Å². The zero-order chi connectivity index (χ0) is 10.0. The minimum Gasteiger partial charge on any atom is -0.303 e. The van der Waals surface area contributed by atoms with E-state index in [2.05, 4.69) is 9.05 Å². The Morgan fingerprint density at radius 3 is 1.67 bits per heavy atom. The molecule has 0 aromatic carbocycles. The second-order valence-electron chi connectivity index (χ2n) is 1.18. The Balaban J connectivity index is 0. The van der Waals surface area contributed by atoms with Crippen molar-refractivity contribution < 1.29 is 18.5 Å². The first-order chi connectivity index (χ1) is 5.54. The van der Waals surface area contributed by atoms with Crippen LogP contribution < -0.4 is 5.32 Å². The molecule has 0 aromatic heterocycles. The van der Waals surface area contributed by atoms with Gasteiger partial charge in [0.2, 0.25) is 0 Å². The number of rotatable bonds is 2. The summed E-state index contributed by atoms with van der Waals surface area (Å²) in [4.78, 5) is 8.24. The van der Waals surface area contributed by atoms with Gasteiger partial charge in [-0.25, -0.2) is 9.88 Å². The molecule has 0 unspecified atom stereocenters. The molecular formula is C4H8N3O4P. The molecule has 68 valence electrons. The Bertz CT molecular complexity index is 209. The van der Waals surface area contributed by atoms with Crippen LogP contribution in [0.4, 0.5) is 0 Å². The third-order valence-electron chi connectivity index (χ3n) is 0.573. The summed E-state index contributed by atoms with van der Waals surface area (Å²) >= 11 is 0. The Hall–Kier alpha value is -1.11. The second kappa shape index (κ2) is 7.99. The predicted octanol–water partition coefficient (Wildman–Crippen LogP) is -0.0822. The summed E-state index contributed by atoms with van der Waals surface area (Å²) in [5.74, 6) is 0. The average Bonchev–Trinajstić information content (AvgIpc) is 2.07. The normalized spacial score (nSPS) is 8.42. The van der Waals surface area contributed by atoms with Gasteiger partial charge in [-0.15, -0.1) is 0 Å². The van der Waals surface area contributed by atoms with Crippen LogP contribution in [0, 0.1) is 22.9 Å². The summed E-state index contributed by atoms with van der Waals surface area (Å²) in [6.07, 6.45) is 2.81. The Morgan fingerprint density at radius 1 is 1.33 bits per heavy atom. The van der Waals surface area contributed by atoms with Crippen molar-refractivity contribution in [1.82, 2.24) is 5.32 Å². The van der Waals surface area contributed by atoms with Gasteiger partial charge in [-0.3, -0.25) is 9.05 Å². The molecule has 0 saturated heterocycles. The van der Waals surface area contributed by atoms with E-state index in [1.165, 1.54) is 12.4 Å². The lowest BCUT2D eigenvalue weighted by molar-refractivity contribution is 0.204. The van der Waals surface area contributed by atoms with Gasteiger partial charge in [0, 0.05) is 14.2 Å². The molecule has 8 heteroatoms. The first-order valence-corrected chi connectivity index (χ1v) is 4.01. The number of nitriles is 2. The predicted molar refractivity (Wildman–Crippen MR) is 38.2 cm³/mol. The van der Waals surface area contributed by atoms with Crippen LogP contribution in [0.5, 0.6) is 0 Å². The standard InChI is InChI=1S/C2HN3.C2H7O4P/c3-1-5-2-4;1-5-7(3,4)6-2/h5H;1-2H3,(H,3,4). The van der Waals surface area contributed by atoms with Crippen LogP contribution in [0.2, 0.25) is 0 Å². The Labute approximate surface area is 69.7 Å². The van der Waals surface area contributed by atoms with Gasteiger partial charge in [-0.2, -0.15) is 10.5 Å². The number of nitrogens with one attached hydrogen (secondary N) is 1. The molecule has 0 aliphatic rings. The van der Waals surface area contributed by atoms with Crippen molar-refractivity contribution in [1.29, 1.82) is 10.5 Å². The topological polar surface area (TPSA) is 115 Å². The fourth-order valence-electron chi connectivity index (χ4n) is 0.0995. The van der Waals surface area contributed by atoms with Crippen LogP contribution in [0.1, 0.15) is 0 Å². The van der Waals surface area contributed by atoms with E-state index in [9.17, 15) is 4.57 Å². The molecule has 0 aliphatic carbocycles. The van der Waals surface area contributed by atoms with E-state index in [4.69, 9.17) is 15.4 Å². The number of nitrogens with zero attached hydrogens (tertiary/aromatic N) is 2. The van der Waals surface area contributed by atoms with E-state index in [1.54, 1.807) is 5.32 Å². The highest BCUT2D eigenvalue weighted by atomic mass is 31.2.